The van der Waals surface area contributed by atoms with Crippen molar-refractivity contribution in [1.82, 2.24) is 0 Å². The predicted molar refractivity (Wildman–Crippen MR) is 115 cm³/mol. The van der Waals surface area contributed by atoms with E-state index in [1.165, 1.54) is 0 Å². The van der Waals surface area contributed by atoms with Crippen LogP contribution >= 0.6 is 0 Å². The highest BCUT2D eigenvalue weighted by Crippen LogP contribution is 2.44. The lowest BCUT2D eigenvalue weighted by Crippen LogP contribution is -2.33. The van der Waals surface area contributed by atoms with Gasteiger partial charge in [0.2, 0.25) is 0 Å². The molecule has 0 aromatic heterocycles. The Morgan fingerprint density at radius 1 is 1.04 bits per heavy atom. The van der Waals surface area contributed by atoms with Crippen molar-refractivity contribution in [3.63, 3.8) is 0 Å². The lowest BCUT2D eigenvalue weighted by molar-refractivity contribution is -0.0712. The zero-order chi connectivity index (χ0) is 20.9. The molecule has 1 rings (SSSR count). The highest BCUT2D eigenvalue weighted by molar-refractivity contribution is 4.91. The molecule has 3 atom stereocenters. The normalized spacial score (nSPS) is 25.8. The third-order valence-corrected chi connectivity index (χ3v) is 5.85. The summed E-state index contributed by atoms with van der Waals surface area (Å²) < 4.78 is 12.5. The van der Waals surface area contributed by atoms with Crippen LogP contribution < -0.4 is 0 Å². The molecule has 0 aromatic carbocycles. The largest absolute Gasteiger partial charge is 0.393 e. The van der Waals surface area contributed by atoms with Crippen LogP contribution in [0.2, 0.25) is 0 Å². The van der Waals surface area contributed by atoms with Crippen LogP contribution in [0.1, 0.15) is 107 Å². The van der Waals surface area contributed by atoms with Gasteiger partial charge in [-0.25, -0.2) is 0 Å². The molecule has 0 radical (unpaired) electrons. The topological polar surface area (TPSA) is 38.7 Å². The van der Waals surface area contributed by atoms with Crippen molar-refractivity contribution >= 4 is 0 Å². The molecule has 0 bridgehead atoms. The van der Waals surface area contributed by atoms with E-state index >= 15 is 0 Å². The molecule has 1 N–H and O–H groups in total. The summed E-state index contributed by atoms with van der Waals surface area (Å²) in [7, 11) is 0. The molecule has 27 heavy (non-hydrogen) atoms. The van der Waals surface area contributed by atoms with Gasteiger partial charge in [-0.3, -0.25) is 0 Å². The molecule has 0 aliphatic carbocycles. The Morgan fingerprint density at radius 3 is 2.19 bits per heavy atom. The van der Waals surface area contributed by atoms with Crippen LogP contribution in [0, 0.1) is 16.2 Å². The molecule has 3 heteroatoms. The number of aliphatic hydroxyl groups is 1. The van der Waals surface area contributed by atoms with Crippen molar-refractivity contribution < 1.29 is 14.6 Å². The predicted octanol–water partition coefficient (Wildman–Crippen LogP) is 6.37. The molecule has 1 heterocycles. The van der Waals surface area contributed by atoms with Crippen molar-refractivity contribution in [2.24, 2.45) is 16.2 Å². The van der Waals surface area contributed by atoms with Crippen molar-refractivity contribution in [1.29, 1.82) is 0 Å². The zero-order valence-corrected chi connectivity index (χ0v) is 19.8. The lowest BCUT2D eigenvalue weighted by atomic mass is 9.77. The molecule has 0 aromatic rings. The Kier molecular flexibility index (Phi) is 8.85. The van der Waals surface area contributed by atoms with Gasteiger partial charge in [-0.2, -0.15) is 0 Å². The first-order valence-corrected chi connectivity index (χ1v) is 11.1. The van der Waals surface area contributed by atoms with E-state index < -0.39 is 0 Å². The minimum atomic E-state index is -0.245. The highest BCUT2D eigenvalue weighted by atomic mass is 16.5. The average Bonchev–Trinajstić information content (AvgIpc) is 2.74. The van der Waals surface area contributed by atoms with Crippen LogP contribution in [0.15, 0.2) is 0 Å². The summed E-state index contributed by atoms with van der Waals surface area (Å²) in [6.45, 7) is 21.8. The van der Waals surface area contributed by atoms with Crippen molar-refractivity contribution in [3.8, 4) is 0 Å². The number of hydrogen-bond acceptors (Lipinski definition) is 3. The Bertz CT molecular complexity index is 433. The first kappa shape index (κ1) is 24.9. The Balaban J connectivity index is 2.41. The van der Waals surface area contributed by atoms with E-state index in [0.717, 1.165) is 58.2 Å². The fourth-order valence-corrected chi connectivity index (χ4v) is 4.69. The minimum absolute atomic E-state index is 0.0273. The van der Waals surface area contributed by atoms with Gasteiger partial charge in [0.1, 0.15) is 0 Å². The first-order valence-electron chi connectivity index (χ1n) is 11.1. The van der Waals surface area contributed by atoms with E-state index in [9.17, 15) is 5.11 Å². The SMILES string of the molecule is CC(O)CC(C)(C)CC1CCC(C)(CC(C)(C)CCOCCC(C)(C)C)O1. The lowest BCUT2D eigenvalue weighted by Gasteiger charge is -2.36. The van der Waals surface area contributed by atoms with Gasteiger partial charge < -0.3 is 14.6 Å². The van der Waals surface area contributed by atoms with Gasteiger partial charge >= 0.3 is 0 Å². The van der Waals surface area contributed by atoms with E-state index in [2.05, 4.69) is 55.4 Å². The van der Waals surface area contributed by atoms with Crippen LogP contribution in [0.25, 0.3) is 0 Å². The molecule has 0 spiro atoms. The van der Waals surface area contributed by atoms with Crippen LogP contribution in [0.5, 0.6) is 0 Å². The number of rotatable bonds is 11. The quantitative estimate of drug-likeness (QED) is 0.421. The Morgan fingerprint density at radius 2 is 1.63 bits per heavy atom. The van der Waals surface area contributed by atoms with E-state index in [1.807, 2.05) is 6.92 Å². The van der Waals surface area contributed by atoms with Crippen molar-refractivity contribution in [3.05, 3.63) is 0 Å². The smallest absolute Gasteiger partial charge is 0.0664 e. The molecule has 3 nitrogen and oxygen atoms in total. The maximum atomic E-state index is 9.73. The summed E-state index contributed by atoms with van der Waals surface area (Å²) in [6, 6.07) is 0. The number of ether oxygens (including phenoxy) is 2. The number of aliphatic hydroxyl groups excluding tert-OH is 1. The summed E-state index contributed by atoms with van der Waals surface area (Å²) in [5.74, 6) is 0. The van der Waals surface area contributed by atoms with Crippen molar-refractivity contribution in [2.45, 2.75) is 125 Å². The van der Waals surface area contributed by atoms with Gasteiger partial charge in [0, 0.05) is 13.2 Å². The first-order chi connectivity index (χ1) is 12.1. The van der Waals surface area contributed by atoms with Crippen LogP contribution in [-0.4, -0.2) is 36.1 Å². The standard InChI is InChI=1S/C24H48O3/c1-19(25)16-23(7,8)17-20-10-11-24(9,27-20)18-22(5,6)13-15-26-14-12-21(2,3)4/h19-20,25H,10-18H2,1-9H3. The maximum Gasteiger partial charge on any atom is 0.0664 e. The van der Waals surface area contributed by atoms with Gasteiger partial charge in [0.05, 0.1) is 17.8 Å². The van der Waals surface area contributed by atoms with E-state index in [-0.39, 0.29) is 22.5 Å². The molecule has 1 aliphatic heterocycles. The fourth-order valence-electron chi connectivity index (χ4n) is 4.69. The molecule has 1 saturated heterocycles. The second kappa shape index (κ2) is 9.59. The molecule has 0 amide bonds. The summed E-state index contributed by atoms with van der Waals surface area (Å²) in [6.07, 6.45) is 7.48. The summed E-state index contributed by atoms with van der Waals surface area (Å²) >= 11 is 0. The molecule has 0 saturated carbocycles. The summed E-state index contributed by atoms with van der Waals surface area (Å²) in [4.78, 5) is 0. The maximum absolute atomic E-state index is 9.73. The zero-order valence-electron chi connectivity index (χ0n) is 19.8. The van der Waals surface area contributed by atoms with E-state index in [1.54, 1.807) is 0 Å². The van der Waals surface area contributed by atoms with Crippen molar-refractivity contribution in [2.75, 3.05) is 13.2 Å². The van der Waals surface area contributed by atoms with Gasteiger partial charge in [0.15, 0.2) is 0 Å². The van der Waals surface area contributed by atoms with Crippen LogP contribution in [0.4, 0.5) is 0 Å². The van der Waals surface area contributed by atoms with Crippen LogP contribution in [-0.2, 0) is 9.47 Å². The Labute approximate surface area is 169 Å². The van der Waals surface area contributed by atoms with Gasteiger partial charge in [-0.15, -0.1) is 0 Å². The molecule has 162 valence electrons. The third kappa shape index (κ3) is 10.9. The summed E-state index contributed by atoms with van der Waals surface area (Å²) in [5.41, 5.74) is 0.665. The van der Waals surface area contributed by atoms with Gasteiger partial charge in [0.25, 0.3) is 0 Å². The second-order valence-electron chi connectivity index (χ2n) is 12.2. The van der Waals surface area contributed by atoms with E-state index in [0.29, 0.717) is 11.5 Å². The van der Waals surface area contributed by atoms with Gasteiger partial charge in [-0.1, -0.05) is 48.5 Å². The summed E-state index contributed by atoms with van der Waals surface area (Å²) in [5, 5.41) is 9.73. The monoisotopic (exact) mass is 384 g/mol. The van der Waals surface area contributed by atoms with Gasteiger partial charge in [-0.05, 0) is 75.0 Å². The fraction of sp³-hybridized carbons (Fsp3) is 1.00. The van der Waals surface area contributed by atoms with Crippen LogP contribution in [0.3, 0.4) is 0 Å². The Hall–Kier alpha value is -0.120. The van der Waals surface area contributed by atoms with E-state index in [4.69, 9.17) is 9.47 Å². The molecular weight excluding hydrogens is 336 g/mol. The molecule has 1 aliphatic rings. The minimum Gasteiger partial charge on any atom is -0.393 e. The second-order valence-corrected chi connectivity index (χ2v) is 12.2. The highest BCUT2D eigenvalue weighted by Gasteiger charge is 2.41. The molecule has 1 fully saturated rings. The molecular formula is C24H48O3. The molecule has 3 unspecified atom stereocenters. The average molecular weight is 385 g/mol. The third-order valence-electron chi connectivity index (χ3n) is 5.85. The number of hydrogen-bond donors (Lipinski definition) is 1.